The van der Waals surface area contributed by atoms with Gasteiger partial charge in [0.25, 0.3) is 0 Å². The molecule has 11 unspecified atom stereocenters. The maximum Gasteiger partial charge on any atom is 0.407 e. The molecule has 1 amide bonds. The monoisotopic (exact) mass is 699 g/mol. The van der Waals surface area contributed by atoms with Gasteiger partial charge in [-0.3, -0.25) is 19.6 Å². The van der Waals surface area contributed by atoms with Crippen LogP contribution in [0.5, 0.6) is 0 Å². The minimum Gasteiger partial charge on any atom is -0.454 e. The molecular weight excluding hydrogens is 646 g/mol. The molecule has 1 aliphatic heterocycles. The summed E-state index contributed by atoms with van der Waals surface area (Å²) in [4.78, 5) is 58.8. The van der Waals surface area contributed by atoms with Gasteiger partial charge in [0.2, 0.25) is 0 Å². The minimum absolute atomic E-state index is 0.0547. The lowest BCUT2D eigenvalue weighted by Crippen LogP contribution is -2.78. The number of esters is 2. The number of ketones is 1. The number of carbonyl (C=O) groups excluding carboxylic acids is 4. The Morgan fingerprint density at radius 1 is 1.06 bits per heavy atom. The highest BCUT2D eigenvalue weighted by Gasteiger charge is 2.75. The van der Waals surface area contributed by atoms with Crippen LogP contribution in [0.2, 0.25) is 0 Å². The molecule has 5 rings (SSSR count). The Balaban J connectivity index is 1.75. The van der Waals surface area contributed by atoms with Gasteiger partial charge < -0.3 is 29.4 Å². The van der Waals surface area contributed by atoms with E-state index >= 15 is 4.79 Å². The Labute approximate surface area is 294 Å². The van der Waals surface area contributed by atoms with Crippen LogP contribution in [-0.4, -0.2) is 77.4 Å². The Kier molecular flexibility index (Phi) is 10.1. The third-order valence-corrected chi connectivity index (χ3v) is 13.2. The number of hydrogen-bond acceptors (Lipinski definition) is 11. The van der Waals surface area contributed by atoms with Gasteiger partial charge >= 0.3 is 18.0 Å². The van der Waals surface area contributed by atoms with E-state index in [1.807, 2.05) is 78.8 Å². The fourth-order valence-electron chi connectivity index (χ4n) is 10.4. The maximum atomic E-state index is 15.3. The Morgan fingerprint density at radius 2 is 1.70 bits per heavy atom. The standard InChI is InChI=1S/C38H53NO11/c1-19-16-27-37(18-47-27,49-24(6)41)32-22(4)38(44)17-26(20(2)28(35(38,7)8)31(48-23(5)40)33(42)36(19,32)9)30(50-45)21(3)29(39-34(43)46-10)25-14-12-11-13-15-25/h11-15,19,21-22,26-27,29-32,44-45H,16-18H2,1-10H3,(H,39,43)/t19?,21?,22?,26?,27?,29?,30-,31?,32?,36?,37?,38?/m1/s1. The normalized spacial score (nSPS) is 37.7. The molecule has 0 radical (unpaired) electrons. The van der Waals surface area contributed by atoms with Crippen LogP contribution in [0.15, 0.2) is 41.5 Å². The van der Waals surface area contributed by atoms with Crippen molar-refractivity contribution in [3.05, 3.63) is 47.0 Å². The fourth-order valence-corrected chi connectivity index (χ4v) is 10.4. The van der Waals surface area contributed by atoms with Crippen molar-refractivity contribution in [1.29, 1.82) is 0 Å². The van der Waals surface area contributed by atoms with Crippen molar-refractivity contribution in [1.82, 2.24) is 5.32 Å². The molecule has 12 nitrogen and oxygen atoms in total. The molecule has 12 atom stereocenters. The highest BCUT2D eigenvalue weighted by atomic mass is 17.1. The molecule has 2 bridgehead atoms. The van der Waals surface area contributed by atoms with E-state index in [0.29, 0.717) is 17.6 Å². The van der Waals surface area contributed by atoms with Crippen molar-refractivity contribution < 1.29 is 53.4 Å². The molecule has 0 aromatic heterocycles. The maximum absolute atomic E-state index is 15.3. The summed E-state index contributed by atoms with van der Waals surface area (Å²) in [6.07, 6.45) is -3.10. The van der Waals surface area contributed by atoms with E-state index in [4.69, 9.17) is 23.8 Å². The molecule has 276 valence electrons. The summed E-state index contributed by atoms with van der Waals surface area (Å²) in [6, 6.07) is 8.49. The summed E-state index contributed by atoms with van der Waals surface area (Å²) in [5.41, 5.74) is -3.40. The summed E-state index contributed by atoms with van der Waals surface area (Å²) in [5.74, 6) is -4.60. The van der Waals surface area contributed by atoms with Gasteiger partial charge in [-0.25, -0.2) is 9.68 Å². The highest BCUT2D eigenvalue weighted by molar-refractivity contribution is 5.94. The summed E-state index contributed by atoms with van der Waals surface area (Å²) in [6.45, 7) is 15.6. The molecule has 0 spiro atoms. The third kappa shape index (κ3) is 5.57. The first-order valence-corrected chi connectivity index (χ1v) is 17.5. The predicted molar refractivity (Wildman–Crippen MR) is 180 cm³/mol. The van der Waals surface area contributed by atoms with E-state index < -0.39 is 88.1 Å². The number of rotatable bonds is 8. The van der Waals surface area contributed by atoms with E-state index in [2.05, 4.69) is 5.32 Å². The van der Waals surface area contributed by atoms with Crippen molar-refractivity contribution in [3.8, 4) is 0 Å². The van der Waals surface area contributed by atoms with Crippen LogP contribution in [-0.2, 0) is 38.2 Å². The van der Waals surface area contributed by atoms with Crippen molar-refractivity contribution >= 4 is 23.8 Å². The molecular formula is C38H53NO11. The number of ether oxygens (including phenoxy) is 4. The second-order valence-corrected chi connectivity index (χ2v) is 15.8. The lowest BCUT2D eigenvalue weighted by molar-refractivity contribution is -0.335. The fraction of sp³-hybridized carbons (Fsp3) is 0.684. The molecule has 4 aliphatic rings. The topological polar surface area (TPSA) is 167 Å². The molecule has 2 saturated carbocycles. The number of aliphatic hydroxyl groups is 1. The van der Waals surface area contributed by atoms with Crippen LogP contribution in [0.3, 0.4) is 0 Å². The van der Waals surface area contributed by atoms with Crippen molar-refractivity contribution in [2.45, 2.75) is 111 Å². The van der Waals surface area contributed by atoms with Gasteiger partial charge in [-0.15, -0.1) is 0 Å². The molecule has 50 heavy (non-hydrogen) atoms. The molecule has 3 aliphatic carbocycles. The first-order valence-electron chi connectivity index (χ1n) is 17.5. The van der Waals surface area contributed by atoms with Gasteiger partial charge in [-0.2, -0.15) is 0 Å². The Bertz CT molecular complexity index is 1540. The van der Waals surface area contributed by atoms with Crippen LogP contribution >= 0.6 is 0 Å². The van der Waals surface area contributed by atoms with E-state index in [1.54, 1.807) is 0 Å². The van der Waals surface area contributed by atoms with E-state index in [0.717, 1.165) is 5.56 Å². The number of hydrogen-bond donors (Lipinski definition) is 3. The SMILES string of the molecule is COC(=O)NC(c1ccccc1)C(C)[C@@H](OO)C1CC2(O)C(C)C3C4(OC(C)=O)COC4CC(C)C3(C)C(=O)C(OC(C)=O)C(=C1C)C2(C)C. The number of nitrogens with one attached hydrogen (secondary N) is 1. The van der Waals surface area contributed by atoms with Gasteiger partial charge in [-0.05, 0) is 42.7 Å². The molecule has 1 aromatic carbocycles. The average Bonchev–Trinajstić information content (AvgIpc) is 3.05. The van der Waals surface area contributed by atoms with Gasteiger partial charge in [0.1, 0.15) is 12.2 Å². The first kappa shape index (κ1) is 37.9. The molecule has 3 fully saturated rings. The van der Waals surface area contributed by atoms with Crippen LogP contribution in [0, 0.1) is 40.4 Å². The molecule has 3 N–H and O–H groups in total. The number of methoxy groups -OCH3 is 1. The lowest BCUT2D eigenvalue weighted by Gasteiger charge is -2.68. The summed E-state index contributed by atoms with van der Waals surface area (Å²) in [7, 11) is 1.26. The van der Waals surface area contributed by atoms with Gasteiger partial charge in [-0.1, -0.05) is 77.4 Å². The van der Waals surface area contributed by atoms with Gasteiger partial charge in [0, 0.05) is 42.4 Å². The third-order valence-electron chi connectivity index (χ3n) is 13.2. The van der Waals surface area contributed by atoms with Gasteiger partial charge in [0.05, 0.1) is 25.4 Å². The number of Topliss-reactive ketones (excluding diaryl/α,β-unsaturated/α-hetero) is 1. The lowest BCUT2D eigenvalue weighted by atomic mass is 9.41. The van der Waals surface area contributed by atoms with E-state index in [-0.39, 0.29) is 24.7 Å². The van der Waals surface area contributed by atoms with Crippen molar-refractivity contribution in [2.24, 2.45) is 40.4 Å². The zero-order chi connectivity index (χ0) is 37.1. The van der Waals surface area contributed by atoms with Crippen molar-refractivity contribution in [3.63, 3.8) is 0 Å². The second-order valence-electron chi connectivity index (χ2n) is 15.8. The molecule has 1 heterocycles. The number of amides is 1. The molecule has 12 heteroatoms. The summed E-state index contributed by atoms with van der Waals surface area (Å²) in [5, 5.41) is 27.0. The van der Waals surface area contributed by atoms with Crippen LogP contribution in [0.25, 0.3) is 0 Å². The van der Waals surface area contributed by atoms with Gasteiger partial charge in [0.15, 0.2) is 17.5 Å². The van der Waals surface area contributed by atoms with Crippen molar-refractivity contribution in [2.75, 3.05) is 13.7 Å². The zero-order valence-electron chi connectivity index (χ0n) is 30.8. The molecule has 1 aromatic rings. The number of benzene rings is 1. The quantitative estimate of drug-likeness (QED) is 0.108. The molecule has 1 saturated heterocycles. The Hall–Kier alpha value is -3.32. The smallest absolute Gasteiger partial charge is 0.407 e. The zero-order valence-corrected chi connectivity index (χ0v) is 30.8. The van der Waals surface area contributed by atoms with Crippen LogP contribution in [0.1, 0.15) is 86.8 Å². The number of carbonyl (C=O) groups is 4. The highest BCUT2D eigenvalue weighted by Crippen LogP contribution is 2.67. The summed E-state index contributed by atoms with van der Waals surface area (Å²) >= 11 is 0. The minimum atomic E-state index is -1.63. The van der Waals surface area contributed by atoms with E-state index in [1.165, 1.54) is 21.0 Å². The number of fused-ring (bicyclic) bond motifs is 5. The number of alkyl carbamates (subject to hydrolysis) is 1. The largest absolute Gasteiger partial charge is 0.454 e. The van der Waals surface area contributed by atoms with Crippen LogP contribution in [0.4, 0.5) is 4.79 Å². The van der Waals surface area contributed by atoms with Crippen LogP contribution < -0.4 is 5.32 Å². The second kappa shape index (κ2) is 13.3. The first-order chi connectivity index (χ1) is 23.3. The van der Waals surface area contributed by atoms with E-state index in [9.17, 15) is 24.7 Å². The summed E-state index contributed by atoms with van der Waals surface area (Å²) < 4.78 is 23.1. The predicted octanol–water partition coefficient (Wildman–Crippen LogP) is 5.19. The average molecular weight is 700 g/mol. The Morgan fingerprint density at radius 3 is 2.22 bits per heavy atom.